The molecule has 5 heteroatoms. The molecule has 5 nitrogen and oxygen atoms in total. The molecule has 1 rings (SSSR count). The topological polar surface area (TPSA) is 73.7 Å². The predicted molar refractivity (Wildman–Crippen MR) is 80.7 cm³/mol. The average molecular weight is 290 g/mol. The number of pyridine rings is 1. The summed E-state index contributed by atoms with van der Waals surface area (Å²) in [6, 6.07) is 1.62. The number of hydrogen-bond donors (Lipinski definition) is 2. The highest BCUT2D eigenvalue weighted by atomic mass is 16.3. The molecule has 0 aromatic carbocycles. The number of aliphatic hydroxyl groups excluding tert-OH is 1. The molecule has 1 aromatic rings. The molecule has 1 amide bonds. The number of amides is 1. The largest absolute Gasteiger partial charge is 0.395 e. The maximum atomic E-state index is 12.6. The van der Waals surface area contributed by atoms with Crippen molar-refractivity contribution < 1.29 is 15.0 Å². The van der Waals surface area contributed by atoms with Crippen LogP contribution in [0.5, 0.6) is 0 Å². The summed E-state index contributed by atoms with van der Waals surface area (Å²) in [4.78, 5) is 18.1. The van der Waals surface area contributed by atoms with Gasteiger partial charge in [-0.1, -0.05) is 11.8 Å². The van der Waals surface area contributed by atoms with Gasteiger partial charge in [0.1, 0.15) is 0 Å². The van der Waals surface area contributed by atoms with E-state index in [0.29, 0.717) is 24.1 Å². The third-order valence-electron chi connectivity index (χ3n) is 2.76. The number of hydrogen-bond acceptors (Lipinski definition) is 4. The highest BCUT2D eigenvalue weighted by molar-refractivity contribution is 5.96. The third-order valence-corrected chi connectivity index (χ3v) is 2.76. The van der Waals surface area contributed by atoms with Gasteiger partial charge in [-0.05, 0) is 26.8 Å². The van der Waals surface area contributed by atoms with Crippen molar-refractivity contribution in [3.8, 4) is 11.8 Å². The molecule has 0 unspecified atom stereocenters. The predicted octanol–water partition coefficient (Wildman–Crippen LogP) is 1.05. The molecule has 2 N–H and O–H groups in total. The lowest BCUT2D eigenvalue weighted by molar-refractivity contribution is 0.0314. The van der Waals surface area contributed by atoms with Crippen LogP contribution in [-0.4, -0.2) is 51.3 Å². The molecule has 0 fully saturated rings. The van der Waals surface area contributed by atoms with Gasteiger partial charge in [0.05, 0.1) is 23.3 Å². The fourth-order valence-corrected chi connectivity index (χ4v) is 1.86. The molecule has 0 radical (unpaired) electrons. The molecule has 0 spiro atoms. The van der Waals surface area contributed by atoms with Crippen molar-refractivity contribution in [2.75, 3.05) is 19.7 Å². The SMILES string of the molecule is CCN(CC(C)(C)O)C(=O)c1ccncc1C#CCCO. The Bertz CT molecular complexity index is 538. The smallest absolute Gasteiger partial charge is 0.255 e. The van der Waals surface area contributed by atoms with Crippen molar-refractivity contribution in [2.24, 2.45) is 0 Å². The van der Waals surface area contributed by atoms with Gasteiger partial charge in [0, 0.05) is 31.9 Å². The van der Waals surface area contributed by atoms with Crippen molar-refractivity contribution in [1.82, 2.24) is 9.88 Å². The van der Waals surface area contributed by atoms with E-state index in [4.69, 9.17) is 5.11 Å². The van der Waals surface area contributed by atoms with Crippen molar-refractivity contribution in [1.29, 1.82) is 0 Å². The number of carbonyl (C=O) groups is 1. The van der Waals surface area contributed by atoms with Crippen LogP contribution in [0.2, 0.25) is 0 Å². The summed E-state index contributed by atoms with van der Waals surface area (Å²) in [6.45, 7) is 5.91. The Hall–Kier alpha value is -1.90. The third kappa shape index (κ3) is 5.54. The Morgan fingerprint density at radius 3 is 2.76 bits per heavy atom. The van der Waals surface area contributed by atoms with E-state index in [1.807, 2.05) is 6.92 Å². The Morgan fingerprint density at radius 2 is 2.19 bits per heavy atom. The first-order valence-electron chi connectivity index (χ1n) is 6.94. The minimum atomic E-state index is -0.957. The van der Waals surface area contributed by atoms with E-state index in [1.54, 1.807) is 31.0 Å². The number of carbonyl (C=O) groups excluding carboxylic acids is 1. The van der Waals surface area contributed by atoms with Crippen LogP contribution in [0.3, 0.4) is 0 Å². The lowest BCUT2D eigenvalue weighted by Gasteiger charge is -2.28. The summed E-state index contributed by atoms with van der Waals surface area (Å²) in [6.07, 6.45) is 3.43. The van der Waals surface area contributed by atoms with Crippen LogP contribution in [0.1, 0.15) is 43.1 Å². The van der Waals surface area contributed by atoms with E-state index < -0.39 is 5.60 Å². The van der Waals surface area contributed by atoms with Gasteiger partial charge in [-0.25, -0.2) is 0 Å². The van der Waals surface area contributed by atoms with Crippen LogP contribution in [0.4, 0.5) is 0 Å². The van der Waals surface area contributed by atoms with Gasteiger partial charge in [-0.2, -0.15) is 0 Å². The van der Waals surface area contributed by atoms with Gasteiger partial charge in [-0.15, -0.1) is 0 Å². The van der Waals surface area contributed by atoms with Gasteiger partial charge in [0.25, 0.3) is 5.91 Å². The Morgan fingerprint density at radius 1 is 1.48 bits per heavy atom. The molecule has 21 heavy (non-hydrogen) atoms. The Labute approximate surface area is 125 Å². The van der Waals surface area contributed by atoms with E-state index in [-0.39, 0.29) is 19.1 Å². The molecule has 0 aliphatic carbocycles. The molecule has 0 saturated carbocycles. The Kier molecular flexibility index (Phi) is 6.35. The van der Waals surface area contributed by atoms with Gasteiger partial charge >= 0.3 is 0 Å². The molecular formula is C16H22N2O3. The van der Waals surface area contributed by atoms with Crippen LogP contribution in [0, 0.1) is 11.8 Å². The number of aliphatic hydroxyl groups is 2. The summed E-state index contributed by atoms with van der Waals surface area (Å²) < 4.78 is 0. The first-order valence-corrected chi connectivity index (χ1v) is 6.94. The molecule has 114 valence electrons. The fourth-order valence-electron chi connectivity index (χ4n) is 1.86. The molecule has 0 aliphatic heterocycles. The van der Waals surface area contributed by atoms with Crippen LogP contribution in [0.15, 0.2) is 18.5 Å². The zero-order valence-corrected chi connectivity index (χ0v) is 12.8. The number of aromatic nitrogens is 1. The summed E-state index contributed by atoms with van der Waals surface area (Å²) in [5, 5.41) is 18.7. The molecule has 0 saturated heterocycles. The lowest BCUT2D eigenvalue weighted by Crippen LogP contribution is -2.42. The number of rotatable bonds is 5. The molecule has 0 aliphatic rings. The molecule has 1 heterocycles. The minimum absolute atomic E-state index is 0.0175. The van der Waals surface area contributed by atoms with E-state index in [9.17, 15) is 9.90 Å². The fraction of sp³-hybridized carbons (Fsp3) is 0.500. The van der Waals surface area contributed by atoms with Crippen LogP contribution in [0.25, 0.3) is 0 Å². The van der Waals surface area contributed by atoms with E-state index in [1.165, 1.54) is 6.20 Å². The minimum Gasteiger partial charge on any atom is -0.395 e. The number of likely N-dealkylation sites (N-methyl/N-ethyl adjacent to an activating group) is 1. The highest BCUT2D eigenvalue weighted by Gasteiger charge is 2.23. The lowest BCUT2D eigenvalue weighted by atomic mass is 10.1. The summed E-state index contributed by atoms with van der Waals surface area (Å²) in [7, 11) is 0. The van der Waals surface area contributed by atoms with Crippen molar-refractivity contribution in [3.05, 3.63) is 29.6 Å². The van der Waals surface area contributed by atoms with Crippen LogP contribution >= 0.6 is 0 Å². The summed E-state index contributed by atoms with van der Waals surface area (Å²) in [5.41, 5.74) is 0.0354. The van der Waals surface area contributed by atoms with E-state index in [0.717, 1.165) is 0 Å². The Balaban J connectivity index is 3.04. The second kappa shape index (κ2) is 7.77. The van der Waals surface area contributed by atoms with Crippen molar-refractivity contribution in [3.63, 3.8) is 0 Å². The van der Waals surface area contributed by atoms with Crippen LogP contribution < -0.4 is 0 Å². The van der Waals surface area contributed by atoms with Gasteiger partial charge in [0.15, 0.2) is 0 Å². The maximum Gasteiger partial charge on any atom is 0.255 e. The zero-order chi connectivity index (χ0) is 15.9. The zero-order valence-electron chi connectivity index (χ0n) is 12.8. The first-order chi connectivity index (χ1) is 9.89. The monoisotopic (exact) mass is 290 g/mol. The number of nitrogens with zero attached hydrogens (tertiary/aromatic N) is 2. The second-order valence-corrected chi connectivity index (χ2v) is 5.33. The molecular weight excluding hydrogens is 268 g/mol. The molecule has 1 aromatic heterocycles. The maximum absolute atomic E-state index is 12.6. The van der Waals surface area contributed by atoms with Gasteiger partial charge in [-0.3, -0.25) is 9.78 Å². The van der Waals surface area contributed by atoms with Crippen molar-refractivity contribution >= 4 is 5.91 Å². The second-order valence-electron chi connectivity index (χ2n) is 5.33. The molecule has 0 atom stereocenters. The quantitative estimate of drug-likeness (QED) is 0.795. The van der Waals surface area contributed by atoms with Gasteiger partial charge in [0.2, 0.25) is 0 Å². The van der Waals surface area contributed by atoms with Crippen molar-refractivity contribution in [2.45, 2.75) is 32.8 Å². The first kappa shape index (κ1) is 17.2. The molecule has 0 bridgehead atoms. The van der Waals surface area contributed by atoms with Crippen LogP contribution in [-0.2, 0) is 0 Å². The average Bonchev–Trinajstić information content (AvgIpc) is 2.44. The summed E-state index contributed by atoms with van der Waals surface area (Å²) >= 11 is 0. The van der Waals surface area contributed by atoms with E-state index >= 15 is 0 Å². The highest BCUT2D eigenvalue weighted by Crippen LogP contribution is 2.13. The van der Waals surface area contributed by atoms with Gasteiger partial charge < -0.3 is 15.1 Å². The van der Waals surface area contributed by atoms with E-state index in [2.05, 4.69) is 16.8 Å². The normalized spacial score (nSPS) is 10.7. The summed E-state index contributed by atoms with van der Waals surface area (Å²) in [5.74, 6) is 5.46. The standard InChI is InChI=1S/C16H22N2O3/c1-4-18(12-16(2,3)21)15(20)14-8-9-17-11-13(14)7-5-6-10-19/h8-9,11,19,21H,4,6,10,12H2,1-3H3.